The average molecular weight is 657 g/mol. The Labute approximate surface area is 284 Å². The summed E-state index contributed by atoms with van der Waals surface area (Å²) in [6.07, 6.45) is 13.0. The van der Waals surface area contributed by atoms with Crippen molar-refractivity contribution in [3.63, 3.8) is 0 Å². The molecule has 6 aliphatic rings. The fourth-order valence-electron chi connectivity index (χ4n) is 11.2. The second-order valence-electron chi connectivity index (χ2n) is 16.1. The maximum atomic E-state index is 14.7. The van der Waals surface area contributed by atoms with Gasteiger partial charge in [-0.3, -0.25) is 4.79 Å². The molecule has 3 N–H and O–H groups in total. The summed E-state index contributed by atoms with van der Waals surface area (Å²) < 4.78 is 0. The zero-order chi connectivity index (χ0) is 33.4. The van der Waals surface area contributed by atoms with Crippen LogP contribution in [0.3, 0.4) is 0 Å². The number of fused-ring (bicyclic) bond motifs is 1. The Kier molecular flexibility index (Phi) is 7.97. The van der Waals surface area contributed by atoms with Crippen molar-refractivity contribution in [2.24, 2.45) is 33.5 Å². The van der Waals surface area contributed by atoms with Crippen LogP contribution in [-0.4, -0.2) is 51.7 Å². The lowest BCUT2D eigenvalue weighted by Gasteiger charge is -2.71. The quantitative estimate of drug-likeness (QED) is 0.198. The minimum atomic E-state index is -1.09. The van der Waals surface area contributed by atoms with Crippen LogP contribution in [0.4, 0.5) is 4.79 Å². The van der Waals surface area contributed by atoms with Gasteiger partial charge in [0, 0.05) is 33.2 Å². The van der Waals surface area contributed by atoms with Gasteiger partial charge in [-0.1, -0.05) is 69.3 Å². The molecule has 2 spiro atoms. The van der Waals surface area contributed by atoms with E-state index in [9.17, 15) is 19.8 Å². The van der Waals surface area contributed by atoms with Crippen molar-refractivity contribution in [2.75, 3.05) is 13.1 Å². The van der Waals surface area contributed by atoms with Gasteiger partial charge in [0.1, 0.15) is 0 Å². The molecule has 6 aliphatic carbocycles. The van der Waals surface area contributed by atoms with Gasteiger partial charge in [-0.15, -0.1) is 11.3 Å². The molecule has 8 rings (SSSR count). The van der Waals surface area contributed by atoms with Crippen molar-refractivity contribution >= 4 is 23.2 Å². The van der Waals surface area contributed by atoms with Crippen molar-refractivity contribution in [3.05, 3.63) is 81.6 Å². The summed E-state index contributed by atoms with van der Waals surface area (Å²) in [5, 5.41) is 27.0. The standard InChI is InChI=1S/C40H52N2O4S/c1-6-22-42(35(45)41-27(3)28-10-8-7-9-11-28)25-39(46)19-16-33-37(39,5)18-15-32-36(4)17-14-29(43)23-38(36)20-21-40(32,33)30(24-38)34(44)31-13-12-26(2)47-31/h7-13,20-21,24,27,29,32-33,43,46H,6,14-19,22-23,25H2,1-5H3,(H,41,45). The highest BCUT2D eigenvalue weighted by molar-refractivity contribution is 7.14. The van der Waals surface area contributed by atoms with Gasteiger partial charge in [0.05, 0.1) is 29.2 Å². The van der Waals surface area contributed by atoms with Gasteiger partial charge < -0.3 is 20.4 Å². The van der Waals surface area contributed by atoms with E-state index >= 15 is 0 Å². The number of Topliss-reactive ketones (excluding diaryl/α,β-unsaturated/α-hetero) is 1. The Bertz CT molecular complexity index is 1620. The Morgan fingerprint density at radius 2 is 1.70 bits per heavy atom. The second-order valence-corrected chi connectivity index (χ2v) is 17.3. The minimum Gasteiger partial charge on any atom is -0.393 e. The van der Waals surface area contributed by atoms with Crippen molar-refractivity contribution in [1.82, 2.24) is 10.2 Å². The summed E-state index contributed by atoms with van der Waals surface area (Å²) in [6.45, 7) is 11.6. The van der Waals surface area contributed by atoms with E-state index in [-0.39, 0.29) is 53.2 Å². The van der Waals surface area contributed by atoms with Gasteiger partial charge in [-0.2, -0.15) is 0 Å². The molecule has 2 amide bonds. The van der Waals surface area contributed by atoms with Gasteiger partial charge in [0.25, 0.3) is 0 Å². The summed E-state index contributed by atoms with van der Waals surface area (Å²) in [4.78, 5) is 32.2. The smallest absolute Gasteiger partial charge is 0.317 e. The molecule has 2 aromatic rings. The number of amides is 2. The highest BCUT2D eigenvalue weighted by Gasteiger charge is 2.74. The van der Waals surface area contributed by atoms with Crippen LogP contribution in [0.1, 0.15) is 105 Å². The first kappa shape index (κ1) is 32.8. The number of aliphatic hydroxyl groups excluding tert-OH is 1. The maximum Gasteiger partial charge on any atom is 0.317 e. The minimum absolute atomic E-state index is 0.0583. The van der Waals surface area contributed by atoms with E-state index in [1.54, 1.807) is 11.3 Å². The van der Waals surface area contributed by atoms with Crippen LogP contribution in [0.2, 0.25) is 0 Å². The van der Waals surface area contributed by atoms with Crippen LogP contribution in [0, 0.1) is 40.4 Å². The molecule has 1 aromatic heterocycles. The van der Waals surface area contributed by atoms with Gasteiger partial charge in [0.2, 0.25) is 0 Å². The Morgan fingerprint density at radius 1 is 1.00 bits per heavy atom. The van der Waals surface area contributed by atoms with E-state index in [0.717, 1.165) is 59.4 Å². The fraction of sp³-hybridized carbons (Fsp3) is 0.600. The van der Waals surface area contributed by atoms with Crippen LogP contribution in [0.5, 0.6) is 0 Å². The van der Waals surface area contributed by atoms with Crippen LogP contribution in [-0.2, 0) is 0 Å². The second kappa shape index (κ2) is 11.4. The Hall–Kier alpha value is -2.74. The summed E-state index contributed by atoms with van der Waals surface area (Å²) in [6, 6.07) is 13.7. The van der Waals surface area contributed by atoms with Gasteiger partial charge in [-0.05, 0) is 100 Å². The lowest BCUT2D eigenvalue weighted by Crippen LogP contribution is -2.67. The Balaban J connectivity index is 1.25. The summed E-state index contributed by atoms with van der Waals surface area (Å²) in [5.41, 5.74) is -0.548. The van der Waals surface area contributed by atoms with Crippen LogP contribution < -0.4 is 5.32 Å². The van der Waals surface area contributed by atoms with Gasteiger partial charge in [0.15, 0.2) is 5.78 Å². The number of benzene rings is 1. The molecule has 3 saturated carbocycles. The predicted molar refractivity (Wildman–Crippen MR) is 187 cm³/mol. The van der Waals surface area contributed by atoms with Crippen LogP contribution in [0.25, 0.3) is 0 Å². The molecule has 0 aliphatic heterocycles. The van der Waals surface area contributed by atoms with E-state index in [0.29, 0.717) is 19.4 Å². The molecule has 2 bridgehead atoms. The molecule has 7 heteroatoms. The molecule has 1 heterocycles. The third-order valence-electron chi connectivity index (χ3n) is 13.8. The first-order chi connectivity index (χ1) is 22.3. The van der Waals surface area contributed by atoms with Gasteiger partial charge in [-0.25, -0.2) is 4.79 Å². The SMILES string of the molecule is CCCN(CC1(O)CCC2C34C=CC5(C=C3C(=O)c3ccc(C)s3)CC(O)CCC5(C)C4CCC21C)C(=O)NC(C)c1ccccc1. The number of hydrogen-bond donors (Lipinski definition) is 3. The van der Waals surface area contributed by atoms with E-state index in [1.165, 1.54) is 0 Å². The number of ketones is 1. The van der Waals surface area contributed by atoms with Crippen LogP contribution >= 0.6 is 11.3 Å². The average Bonchev–Trinajstić information content (AvgIpc) is 3.60. The molecule has 6 nitrogen and oxygen atoms in total. The molecule has 0 saturated heterocycles. The lowest BCUT2D eigenvalue weighted by molar-refractivity contribution is -0.174. The van der Waals surface area contributed by atoms with Crippen LogP contribution in [0.15, 0.2) is 66.3 Å². The number of thiophene rings is 1. The molecular formula is C40H52N2O4S. The number of aliphatic hydroxyl groups is 2. The number of nitrogens with one attached hydrogen (secondary N) is 1. The normalized spacial score (nSPS) is 39.0. The van der Waals surface area contributed by atoms with Crippen molar-refractivity contribution in [3.8, 4) is 0 Å². The fourth-order valence-corrected chi connectivity index (χ4v) is 12.0. The van der Waals surface area contributed by atoms with Crippen molar-refractivity contribution in [1.29, 1.82) is 0 Å². The largest absolute Gasteiger partial charge is 0.393 e. The predicted octanol–water partition coefficient (Wildman–Crippen LogP) is 8.01. The lowest BCUT2D eigenvalue weighted by atomic mass is 9.32. The monoisotopic (exact) mass is 656 g/mol. The third kappa shape index (κ3) is 4.69. The topological polar surface area (TPSA) is 89.9 Å². The summed E-state index contributed by atoms with van der Waals surface area (Å²) in [7, 11) is 0. The number of carbonyl (C=O) groups is 2. The van der Waals surface area contributed by atoms with E-state index in [2.05, 4.69) is 44.3 Å². The van der Waals surface area contributed by atoms with E-state index in [1.807, 2.05) is 61.2 Å². The highest BCUT2D eigenvalue weighted by Crippen LogP contribution is 2.78. The van der Waals surface area contributed by atoms with Crippen molar-refractivity contribution in [2.45, 2.75) is 104 Å². The first-order valence-corrected chi connectivity index (χ1v) is 18.7. The number of urea groups is 1. The molecule has 9 atom stereocenters. The molecular weight excluding hydrogens is 605 g/mol. The number of nitrogens with zero attached hydrogens (tertiary/aromatic N) is 1. The zero-order valence-corrected chi connectivity index (χ0v) is 29.5. The molecule has 252 valence electrons. The first-order valence-electron chi connectivity index (χ1n) is 17.9. The number of hydrogen-bond acceptors (Lipinski definition) is 5. The summed E-state index contributed by atoms with van der Waals surface area (Å²) in [5.74, 6) is 0.420. The number of aryl methyl sites for hydroxylation is 1. The third-order valence-corrected chi connectivity index (χ3v) is 14.8. The molecule has 0 radical (unpaired) electrons. The molecule has 3 fully saturated rings. The number of rotatable bonds is 8. The number of carbonyl (C=O) groups excluding carboxylic acids is 2. The highest BCUT2D eigenvalue weighted by atomic mass is 32.1. The Morgan fingerprint density at radius 3 is 2.40 bits per heavy atom. The van der Waals surface area contributed by atoms with Crippen molar-refractivity contribution < 1.29 is 19.8 Å². The molecule has 1 aromatic carbocycles. The van der Waals surface area contributed by atoms with E-state index in [4.69, 9.17) is 0 Å². The molecule has 9 unspecified atom stereocenters. The van der Waals surface area contributed by atoms with Gasteiger partial charge >= 0.3 is 6.03 Å². The zero-order valence-electron chi connectivity index (χ0n) is 28.7. The molecule has 47 heavy (non-hydrogen) atoms. The van der Waals surface area contributed by atoms with E-state index < -0.39 is 16.4 Å². The number of allylic oxidation sites excluding steroid dienone is 4. The summed E-state index contributed by atoms with van der Waals surface area (Å²) >= 11 is 1.56. The maximum absolute atomic E-state index is 14.7.